The third-order valence-corrected chi connectivity index (χ3v) is 5.23. The maximum atomic E-state index is 6.13. The van der Waals surface area contributed by atoms with Crippen molar-refractivity contribution in [2.75, 3.05) is 6.54 Å². The van der Waals surface area contributed by atoms with Gasteiger partial charge in [-0.3, -0.25) is 0 Å². The monoisotopic (exact) mass is 318 g/mol. The molecule has 0 saturated heterocycles. The van der Waals surface area contributed by atoms with Crippen molar-refractivity contribution < 1.29 is 0 Å². The second-order valence-electron chi connectivity index (χ2n) is 4.44. The summed E-state index contributed by atoms with van der Waals surface area (Å²) < 4.78 is 1.42. The summed E-state index contributed by atoms with van der Waals surface area (Å²) in [4.78, 5) is 4.59. The van der Waals surface area contributed by atoms with E-state index in [9.17, 15) is 0 Å². The minimum Gasteiger partial charge on any atom is -0.310 e. The Kier molecular flexibility index (Phi) is 3.91. The molecule has 1 aliphatic carbocycles. The molecular weight excluding hydrogens is 307 g/mol. The number of aromatic nitrogens is 1. The average molecular weight is 319 g/mol. The maximum Gasteiger partial charge on any atom is 0.107 e. The van der Waals surface area contributed by atoms with Crippen LogP contribution >= 0.6 is 45.9 Å². The van der Waals surface area contributed by atoms with Gasteiger partial charge in [0, 0.05) is 17.5 Å². The molecule has 0 bridgehead atoms. The standard InChI is InChI=1S/C12H12Cl2N2S2/c13-10-3-8(12(14)18-10)9-6-17-11(16-9)5-15-4-7-1-2-7/h3,6-7,15H,1-2,4-5H2. The van der Waals surface area contributed by atoms with Crippen molar-refractivity contribution in [3.05, 3.63) is 25.1 Å². The molecule has 6 heteroatoms. The predicted octanol–water partition coefficient (Wildman–Crippen LogP) is 4.68. The zero-order valence-electron chi connectivity index (χ0n) is 9.58. The maximum absolute atomic E-state index is 6.13. The van der Waals surface area contributed by atoms with Crippen LogP contribution in [0.4, 0.5) is 0 Å². The Labute approximate surface area is 124 Å². The number of thiazole rings is 1. The topological polar surface area (TPSA) is 24.9 Å². The number of halogens is 2. The first-order chi connectivity index (χ1) is 8.72. The first-order valence-corrected chi connectivity index (χ1v) is 8.28. The lowest BCUT2D eigenvalue weighted by atomic mass is 10.3. The second-order valence-corrected chi connectivity index (χ2v) is 7.67. The van der Waals surface area contributed by atoms with E-state index in [0.29, 0.717) is 8.67 Å². The zero-order valence-corrected chi connectivity index (χ0v) is 12.7. The third-order valence-electron chi connectivity index (χ3n) is 2.89. The summed E-state index contributed by atoms with van der Waals surface area (Å²) in [7, 11) is 0. The molecule has 18 heavy (non-hydrogen) atoms. The van der Waals surface area contributed by atoms with Crippen LogP contribution in [-0.4, -0.2) is 11.5 Å². The molecule has 3 rings (SSSR count). The van der Waals surface area contributed by atoms with E-state index in [0.717, 1.165) is 35.3 Å². The van der Waals surface area contributed by atoms with Crippen molar-refractivity contribution in [2.45, 2.75) is 19.4 Å². The highest BCUT2D eigenvalue weighted by atomic mass is 35.5. The number of hydrogen-bond donors (Lipinski definition) is 1. The number of nitrogens with one attached hydrogen (secondary N) is 1. The molecule has 2 nitrogen and oxygen atoms in total. The molecule has 0 unspecified atom stereocenters. The van der Waals surface area contributed by atoms with Crippen molar-refractivity contribution in [1.82, 2.24) is 10.3 Å². The molecule has 1 aliphatic rings. The summed E-state index contributed by atoms with van der Waals surface area (Å²) in [5.41, 5.74) is 1.87. The molecular formula is C12H12Cl2N2S2. The number of rotatable bonds is 5. The SMILES string of the molecule is Clc1cc(-c2csc(CNCC3CC3)n2)c(Cl)s1. The van der Waals surface area contributed by atoms with Crippen molar-refractivity contribution in [2.24, 2.45) is 5.92 Å². The minimum atomic E-state index is 0.705. The Balaban J connectivity index is 1.66. The van der Waals surface area contributed by atoms with Gasteiger partial charge in [-0.1, -0.05) is 23.2 Å². The van der Waals surface area contributed by atoms with Gasteiger partial charge in [0.2, 0.25) is 0 Å². The van der Waals surface area contributed by atoms with Gasteiger partial charge in [-0.25, -0.2) is 4.98 Å². The smallest absolute Gasteiger partial charge is 0.107 e. The zero-order chi connectivity index (χ0) is 12.5. The van der Waals surface area contributed by atoms with Crippen LogP contribution < -0.4 is 5.32 Å². The van der Waals surface area contributed by atoms with Crippen LogP contribution in [0.15, 0.2) is 11.4 Å². The highest BCUT2D eigenvalue weighted by Gasteiger charge is 2.20. The Morgan fingerprint density at radius 1 is 1.39 bits per heavy atom. The minimum absolute atomic E-state index is 0.705. The van der Waals surface area contributed by atoms with Crippen LogP contribution in [0.25, 0.3) is 11.3 Å². The van der Waals surface area contributed by atoms with Crippen LogP contribution in [-0.2, 0) is 6.54 Å². The quantitative estimate of drug-likeness (QED) is 0.865. The van der Waals surface area contributed by atoms with Gasteiger partial charge in [-0.05, 0) is 31.4 Å². The Hall–Kier alpha value is -0.130. The van der Waals surface area contributed by atoms with E-state index in [2.05, 4.69) is 10.3 Å². The lowest BCUT2D eigenvalue weighted by molar-refractivity contribution is 0.637. The highest BCUT2D eigenvalue weighted by Crippen LogP contribution is 2.38. The first-order valence-electron chi connectivity index (χ1n) is 5.82. The van der Waals surface area contributed by atoms with Crippen LogP contribution in [0.1, 0.15) is 17.8 Å². The number of nitrogens with zero attached hydrogens (tertiary/aromatic N) is 1. The van der Waals surface area contributed by atoms with Crippen LogP contribution in [0.2, 0.25) is 8.67 Å². The summed E-state index contributed by atoms with van der Waals surface area (Å²) in [6.07, 6.45) is 2.75. The molecule has 1 N–H and O–H groups in total. The molecule has 0 spiro atoms. The fraction of sp³-hybridized carbons (Fsp3) is 0.417. The molecule has 0 amide bonds. The van der Waals surface area contributed by atoms with Gasteiger partial charge in [0.15, 0.2) is 0 Å². The van der Waals surface area contributed by atoms with Gasteiger partial charge in [0.05, 0.1) is 10.0 Å². The molecule has 96 valence electrons. The van der Waals surface area contributed by atoms with E-state index in [1.165, 1.54) is 24.2 Å². The van der Waals surface area contributed by atoms with Crippen molar-refractivity contribution in [1.29, 1.82) is 0 Å². The highest BCUT2D eigenvalue weighted by molar-refractivity contribution is 7.20. The third kappa shape index (κ3) is 3.06. The van der Waals surface area contributed by atoms with Crippen LogP contribution in [0, 0.1) is 5.92 Å². The van der Waals surface area contributed by atoms with E-state index >= 15 is 0 Å². The van der Waals surface area contributed by atoms with Gasteiger partial charge >= 0.3 is 0 Å². The molecule has 1 saturated carbocycles. The van der Waals surface area contributed by atoms with E-state index in [1.807, 2.05) is 11.4 Å². The lowest BCUT2D eigenvalue weighted by Gasteiger charge is -1.99. The summed E-state index contributed by atoms with van der Waals surface area (Å²) in [5, 5.41) is 6.58. The largest absolute Gasteiger partial charge is 0.310 e. The van der Waals surface area contributed by atoms with Gasteiger partial charge in [0.1, 0.15) is 9.34 Å². The molecule has 2 aromatic rings. The average Bonchev–Trinajstić information content (AvgIpc) is 2.92. The molecule has 1 fully saturated rings. The van der Waals surface area contributed by atoms with Gasteiger partial charge in [0.25, 0.3) is 0 Å². The second kappa shape index (κ2) is 5.47. The first kappa shape index (κ1) is 12.9. The molecule has 2 heterocycles. The molecule has 0 aromatic carbocycles. The van der Waals surface area contributed by atoms with E-state index in [1.54, 1.807) is 11.3 Å². The van der Waals surface area contributed by atoms with Crippen LogP contribution in [0.3, 0.4) is 0 Å². The Bertz CT molecular complexity index is 546. The normalized spacial score (nSPS) is 15.2. The van der Waals surface area contributed by atoms with E-state index in [4.69, 9.17) is 23.2 Å². The Morgan fingerprint density at radius 2 is 2.22 bits per heavy atom. The molecule has 0 aliphatic heterocycles. The summed E-state index contributed by atoms with van der Waals surface area (Å²) in [6.45, 7) is 1.95. The lowest BCUT2D eigenvalue weighted by Crippen LogP contribution is -2.15. The summed E-state index contributed by atoms with van der Waals surface area (Å²) in [6, 6.07) is 1.88. The fourth-order valence-electron chi connectivity index (χ4n) is 1.74. The molecule has 0 radical (unpaired) electrons. The van der Waals surface area contributed by atoms with E-state index in [-0.39, 0.29) is 0 Å². The number of thiophene rings is 1. The van der Waals surface area contributed by atoms with Gasteiger partial charge in [-0.2, -0.15) is 0 Å². The van der Waals surface area contributed by atoms with Crippen LogP contribution in [0.5, 0.6) is 0 Å². The van der Waals surface area contributed by atoms with Gasteiger partial charge < -0.3 is 5.32 Å². The van der Waals surface area contributed by atoms with Crippen molar-refractivity contribution in [3.8, 4) is 11.3 Å². The van der Waals surface area contributed by atoms with Crippen molar-refractivity contribution >= 4 is 45.9 Å². The van der Waals surface area contributed by atoms with Crippen molar-refractivity contribution in [3.63, 3.8) is 0 Å². The predicted molar refractivity (Wildman–Crippen MR) is 79.9 cm³/mol. The summed E-state index contributed by atoms with van der Waals surface area (Å²) in [5.74, 6) is 0.898. The number of hydrogen-bond acceptors (Lipinski definition) is 4. The molecule has 0 atom stereocenters. The summed E-state index contributed by atoms with van der Waals surface area (Å²) >= 11 is 15.1. The fourth-order valence-corrected chi connectivity index (χ4v) is 3.98. The van der Waals surface area contributed by atoms with E-state index < -0.39 is 0 Å². The van der Waals surface area contributed by atoms with Gasteiger partial charge in [-0.15, -0.1) is 22.7 Å². The molecule has 2 aromatic heterocycles. The Morgan fingerprint density at radius 3 is 2.89 bits per heavy atom.